The van der Waals surface area contributed by atoms with E-state index in [0.29, 0.717) is 18.8 Å². The van der Waals surface area contributed by atoms with Gasteiger partial charge in [0.25, 0.3) is 0 Å². The Morgan fingerprint density at radius 1 is 1.25 bits per heavy atom. The highest BCUT2D eigenvalue weighted by Crippen LogP contribution is 2.27. The molecule has 0 aromatic heterocycles. The highest BCUT2D eigenvalue weighted by atomic mass is 35.5. The number of fused-ring (bicyclic) bond motifs is 1. The van der Waals surface area contributed by atoms with Crippen LogP contribution in [0.1, 0.15) is 31.2 Å². The molecule has 5 nitrogen and oxygen atoms in total. The number of carbonyl (C=O) groups is 2. The summed E-state index contributed by atoms with van der Waals surface area (Å²) in [5.41, 5.74) is 2.06. The zero-order valence-electron chi connectivity index (χ0n) is 13.8. The molecule has 1 saturated heterocycles. The summed E-state index contributed by atoms with van der Waals surface area (Å²) < 4.78 is 0. The van der Waals surface area contributed by atoms with Crippen molar-refractivity contribution in [2.45, 2.75) is 32.1 Å². The van der Waals surface area contributed by atoms with E-state index in [9.17, 15) is 9.59 Å². The second-order valence-electron chi connectivity index (χ2n) is 6.58. The number of halogens is 1. The van der Waals surface area contributed by atoms with Crippen molar-refractivity contribution in [1.82, 2.24) is 10.6 Å². The van der Waals surface area contributed by atoms with Gasteiger partial charge in [0.2, 0.25) is 11.8 Å². The van der Waals surface area contributed by atoms with Gasteiger partial charge in [-0.1, -0.05) is 18.2 Å². The number of carbonyl (C=O) groups excluding carboxylic acids is 2. The first-order chi connectivity index (χ1) is 11.2. The van der Waals surface area contributed by atoms with Gasteiger partial charge in [0, 0.05) is 24.6 Å². The second kappa shape index (κ2) is 9.04. The molecule has 0 saturated carbocycles. The quantitative estimate of drug-likeness (QED) is 0.735. The van der Waals surface area contributed by atoms with E-state index < -0.39 is 0 Å². The van der Waals surface area contributed by atoms with Gasteiger partial charge in [-0.15, -0.1) is 12.4 Å². The summed E-state index contributed by atoms with van der Waals surface area (Å²) in [5, 5.41) is 9.26. The number of hydrogen-bond acceptors (Lipinski definition) is 3. The molecule has 2 heterocycles. The van der Waals surface area contributed by atoms with E-state index >= 15 is 0 Å². The van der Waals surface area contributed by atoms with Crippen LogP contribution in [0.3, 0.4) is 0 Å². The molecule has 2 unspecified atom stereocenters. The van der Waals surface area contributed by atoms with Crippen LogP contribution in [0.25, 0.3) is 0 Å². The SMILES string of the molecule is Cl.O=C(CCC1Cc2ccccc2NC1=O)NCCC1CCNC1. The first-order valence-corrected chi connectivity index (χ1v) is 8.58. The fraction of sp³-hybridized carbons (Fsp3) is 0.556. The maximum absolute atomic E-state index is 12.1. The molecule has 2 atom stereocenters. The summed E-state index contributed by atoms with van der Waals surface area (Å²) in [6, 6.07) is 7.87. The Labute approximate surface area is 149 Å². The molecule has 1 aromatic rings. The lowest BCUT2D eigenvalue weighted by Crippen LogP contribution is -2.32. The van der Waals surface area contributed by atoms with Crippen LogP contribution in [0.4, 0.5) is 5.69 Å². The third-order valence-electron chi connectivity index (χ3n) is 4.87. The van der Waals surface area contributed by atoms with Crippen LogP contribution < -0.4 is 16.0 Å². The van der Waals surface area contributed by atoms with E-state index in [1.807, 2.05) is 24.3 Å². The Morgan fingerprint density at radius 2 is 2.08 bits per heavy atom. The van der Waals surface area contributed by atoms with Gasteiger partial charge in [0.1, 0.15) is 0 Å². The Bertz CT molecular complexity index is 573. The van der Waals surface area contributed by atoms with Gasteiger partial charge >= 0.3 is 0 Å². The van der Waals surface area contributed by atoms with Crippen LogP contribution in [-0.2, 0) is 16.0 Å². The van der Waals surface area contributed by atoms with Gasteiger partial charge in [-0.3, -0.25) is 9.59 Å². The van der Waals surface area contributed by atoms with Crippen molar-refractivity contribution in [3.63, 3.8) is 0 Å². The lowest BCUT2D eigenvalue weighted by molar-refractivity contribution is -0.122. The molecule has 3 N–H and O–H groups in total. The van der Waals surface area contributed by atoms with Crippen LogP contribution in [-0.4, -0.2) is 31.4 Å². The molecule has 0 spiro atoms. The first-order valence-electron chi connectivity index (χ1n) is 8.58. The highest BCUT2D eigenvalue weighted by Gasteiger charge is 2.26. The van der Waals surface area contributed by atoms with Gasteiger partial charge < -0.3 is 16.0 Å². The van der Waals surface area contributed by atoms with Crippen molar-refractivity contribution < 1.29 is 9.59 Å². The summed E-state index contributed by atoms with van der Waals surface area (Å²) in [6.07, 6.45) is 4.00. The first kappa shape index (κ1) is 18.7. The fourth-order valence-electron chi connectivity index (χ4n) is 3.42. The van der Waals surface area contributed by atoms with Gasteiger partial charge in [-0.25, -0.2) is 0 Å². The number of rotatable bonds is 6. The van der Waals surface area contributed by atoms with E-state index in [0.717, 1.165) is 43.7 Å². The number of anilines is 1. The molecule has 0 radical (unpaired) electrons. The molecule has 6 heteroatoms. The molecule has 132 valence electrons. The van der Waals surface area contributed by atoms with E-state index in [1.165, 1.54) is 6.42 Å². The number of benzene rings is 1. The van der Waals surface area contributed by atoms with Crippen molar-refractivity contribution in [3.8, 4) is 0 Å². The number of para-hydroxylation sites is 1. The maximum Gasteiger partial charge on any atom is 0.227 e. The van der Waals surface area contributed by atoms with E-state index in [4.69, 9.17) is 0 Å². The fourth-order valence-corrected chi connectivity index (χ4v) is 3.42. The van der Waals surface area contributed by atoms with Crippen LogP contribution in [0.2, 0.25) is 0 Å². The smallest absolute Gasteiger partial charge is 0.227 e. The largest absolute Gasteiger partial charge is 0.356 e. The summed E-state index contributed by atoms with van der Waals surface area (Å²) in [5.74, 6) is 0.682. The van der Waals surface area contributed by atoms with Crippen LogP contribution >= 0.6 is 12.4 Å². The normalized spacial score (nSPS) is 22.2. The molecule has 24 heavy (non-hydrogen) atoms. The number of amides is 2. The lowest BCUT2D eigenvalue weighted by Gasteiger charge is -2.24. The van der Waals surface area contributed by atoms with Crippen molar-refractivity contribution in [3.05, 3.63) is 29.8 Å². The molecular formula is C18H26ClN3O2. The standard InChI is InChI=1S/C18H25N3O2.ClH/c22-17(20-10-8-13-7-9-19-12-13)6-5-15-11-14-3-1-2-4-16(14)21-18(15)23;/h1-4,13,15,19H,5-12H2,(H,20,22)(H,21,23);1H. The molecule has 2 amide bonds. The Balaban J connectivity index is 0.00000208. The lowest BCUT2D eigenvalue weighted by atomic mass is 9.89. The van der Waals surface area contributed by atoms with E-state index in [-0.39, 0.29) is 30.1 Å². The zero-order valence-corrected chi connectivity index (χ0v) is 14.7. The average Bonchev–Trinajstić information content (AvgIpc) is 3.06. The minimum atomic E-state index is -0.102. The minimum absolute atomic E-state index is 0. The van der Waals surface area contributed by atoms with E-state index in [2.05, 4.69) is 16.0 Å². The predicted molar refractivity (Wildman–Crippen MR) is 97.4 cm³/mol. The number of nitrogens with one attached hydrogen (secondary N) is 3. The van der Waals surface area contributed by atoms with Crippen molar-refractivity contribution in [2.24, 2.45) is 11.8 Å². The molecule has 0 bridgehead atoms. The second-order valence-corrected chi connectivity index (χ2v) is 6.58. The van der Waals surface area contributed by atoms with Gasteiger partial charge in [-0.05, 0) is 56.3 Å². The van der Waals surface area contributed by atoms with Crippen molar-refractivity contribution in [1.29, 1.82) is 0 Å². The molecule has 1 aromatic carbocycles. The summed E-state index contributed by atoms with van der Waals surface area (Å²) >= 11 is 0. The third kappa shape index (κ3) is 4.95. The van der Waals surface area contributed by atoms with Crippen LogP contribution in [0.15, 0.2) is 24.3 Å². The predicted octanol–water partition coefficient (Wildman–Crippen LogP) is 2.12. The highest BCUT2D eigenvalue weighted by molar-refractivity contribution is 5.96. The minimum Gasteiger partial charge on any atom is -0.356 e. The number of hydrogen-bond donors (Lipinski definition) is 3. The van der Waals surface area contributed by atoms with Crippen LogP contribution in [0.5, 0.6) is 0 Å². The third-order valence-corrected chi connectivity index (χ3v) is 4.87. The summed E-state index contributed by atoms with van der Waals surface area (Å²) in [6.45, 7) is 2.90. The van der Waals surface area contributed by atoms with Gasteiger partial charge in [0.05, 0.1) is 0 Å². The maximum atomic E-state index is 12.1. The molecule has 1 fully saturated rings. The zero-order chi connectivity index (χ0) is 16.1. The average molecular weight is 352 g/mol. The van der Waals surface area contributed by atoms with Gasteiger partial charge in [-0.2, -0.15) is 0 Å². The summed E-state index contributed by atoms with van der Waals surface area (Å²) in [4.78, 5) is 24.1. The Morgan fingerprint density at radius 3 is 2.88 bits per heavy atom. The topological polar surface area (TPSA) is 70.2 Å². The monoisotopic (exact) mass is 351 g/mol. The molecule has 0 aliphatic carbocycles. The Kier molecular flexibility index (Phi) is 7.06. The molecule has 3 rings (SSSR count). The molecule has 2 aliphatic heterocycles. The van der Waals surface area contributed by atoms with Crippen molar-refractivity contribution >= 4 is 29.9 Å². The van der Waals surface area contributed by atoms with Crippen LogP contribution in [0, 0.1) is 11.8 Å². The van der Waals surface area contributed by atoms with Crippen molar-refractivity contribution in [2.75, 3.05) is 25.0 Å². The van der Waals surface area contributed by atoms with E-state index in [1.54, 1.807) is 0 Å². The molecular weight excluding hydrogens is 326 g/mol. The Hall–Kier alpha value is -1.59. The molecule has 2 aliphatic rings. The van der Waals surface area contributed by atoms with Gasteiger partial charge in [0.15, 0.2) is 0 Å². The summed E-state index contributed by atoms with van der Waals surface area (Å²) in [7, 11) is 0.